The first-order chi connectivity index (χ1) is 20.4. The Hall–Kier alpha value is -4.20. The molecule has 2 aromatic heterocycles. The SMILES string of the molecule is O=c1cc(-c2ccc(Cc3nc(-c4ccc(Cl)cc4Cl)cn3-c3ccc([N+](=O)[O-])cc3)cc2)ccn1C1CCCCC1. The molecule has 0 bridgehead atoms. The van der Waals surface area contributed by atoms with E-state index in [-0.39, 0.29) is 11.2 Å². The van der Waals surface area contributed by atoms with Gasteiger partial charge in [0.05, 0.1) is 15.6 Å². The lowest BCUT2D eigenvalue weighted by Gasteiger charge is -2.24. The van der Waals surface area contributed by atoms with E-state index in [0.29, 0.717) is 28.2 Å². The minimum Gasteiger partial charge on any atom is -0.312 e. The molecule has 0 aliphatic heterocycles. The summed E-state index contributed by atoms with van der Waals surface area (Å²) < 4.78 is 3.81. The molecule has 5 aromatic rings. The Morgan fingerprint density at radius 3 is 2.29 bits per heavy atom. The number of aromatic nitrogens is 3. The molecule has 0 radical (unpaired) electrons. The maximum absolute atomic E-state index is 12.9. The van der Waals surface area contributed by atoms with Crippen LogP contribution in [0.4, 0.5) is 5.69 Å². The van der Waals surface area contributed by atoms with E-state index in [9.17, 15) is 14.9 Å². The van der Waals surface area contributed by atoms with Gasteiger partial charge in [-0.3, -0.25) is 14.9 Å². The molecule has 0 N–H and O–H groups in total. The summed E-state index contributed by atoms with van der Waals surface area (Å²) in [5, 5.41) is 12.2. The lowest BCUT2D eigenvalue weighted by atomic mass is 9.95. The number of rotatable bonds is 7. The molecule has 1 aliphatic carbocycles. The molecule has 212 valence electrons. The predicted octanol–water partition coefficient (Wildman–Crippen LogP) is 8.68. The fourth-order valence-electron chi connectivity index (χ4n) is 5.66. The molecule has 1 fully saturated rings. The Balaban J connectivity index is 1.29. The number of nitro benzene ring substituents is 1. The molecule has 6 rings (SSSR count). The van der Waals surface area contributed by atoms with Crippen LogP contribution in [-0.2, 0) is 6.42 Å². The van der Waals surface area contributed by atoms with E-state index in [4.69, 9.17) is 28.2 Å². The van der Waals surface area contributed by atoms with E-state index in [1.165, 1.54) is 31.4 Å². The van der Waals surface area contributed by atoms with Crippen LogP contribution in [0.1, 0.15) is 49.5 Å². The van der Waals surface area contributed by atoms with Gasteiger partial charge in [0.1, 0.15) is 5.82 Å². The maximum atomic E-state index is 12.9. The van der Waals surface area contributed by atoms with Gasteiger partial charge in [0.15, 0.2) is 0 Å². The van der Waals surface area contributed by atoms with Crippen molar-refractivity contribution in [2.75, 3.05) is 0 Å². The zero-order chi connectivity index (χ0) is 29.2. The smallest absolute Gasteiger partial charge is 0.269 e. The van der Waals surface area contributed by atoms with Crippen LogP contribution in [0.15, 0.2) is 96.1 Å². The topological polar surface area (TPSA) is 83.0 Å². The first-order valence-corrected chi connectivity index (χ1v) is 14.7. The van der Waals surface area contributed by atoms with Crippen molar-refractivity contribution in [3.63, 3.8) is 0 Å². The van der Waals surface area contributed by atoms with E-state index in [1.807, 2.05) is 57.9 Å². The number of hydrogen-bond acceptors (Lipinski definition) is 4. The fourth-order valence-corrected chi connectivity index (χ4v) is 6.16. The van der Waals surface area contributed by atoms with Crippen molar-refractivity contribution >= 4 is 28.9 Å². The second-order valence-corrected chi connectivity index (χ2v) is 11.5. The van der Waals surface area contributed by atoms with Crippen LogP contribution >= 0.6 is 23.2 Å². The van der Waals surface area contributed by atoms with Crippen LogP contribution < -0.4 is 5.56 Å². The molecule has 1 aliphatic rings. The van der Waals surface area contributed by atoms with Crippen LogP contribution in [0.2, 0.25) is 10.0 Å². The van der Waals surface area contributed by atoms with Crippen LogP contribution in [0.5, 0.6) is 0 Å². The van der Waals surface area contributed by atoms with Gasteiger partial charge in [-0.15, -0.1) is 0 Å². The van der Waals surface area contributed by atoms with Gasteiger partial charge in [-0.05, 0) is 65.9 Å². The summed E-state index contributed by atoms with van der Waals surface area (Å²) in [7, 11) is 0. The third-order valence-corrected chi connectivity index (χ3v) is 8.44. The van der Waals surface area contributed by atoms with Gasteiger partial charge in [-0.1, -0.05) is 66.7 Å². The summed E-state index contributed by atoms with van der Waals surface area (Å²) >= 11 is 12.6. The highest BCUT2D eigenvalue weighted by atomic mass is 35.5. The molecule has 42 heavy (non-hydrogen) atoms. The molecule has 7 nitrogen and oxygen atoms in total. The van der Waals surface area contributed by atoms with Gasteiger partial charge < -0.3 is 9.13 Å². The normalized spacial score (nSPS) is 13.8. The number of benzene rings is 3. The summed E-state index contributed by atoms with van der Waals surface area (Å²) in [5.74, 6) is 0.743. The monoisotopic (exact) mass is 598 g/mol. The molecule has 2 heterocycles. The van der Waals surface area contributed by atoms with Crippen molar-refractivity contribution < 1.29 is 4.92 Å². The Labute approximate surface area is 253 Å². The van der Waals surface area contributed by atoms with Gasteiger partial charge in [-0.2, -0.15) is 0 Å². The minimum atomic E-state index is -0.420. The van der Waals surface area contributed by atoms with Crippen molar-refractivity contribution in [2.24, 2.45) is 0 Å². The summed E-state index contributed by atoms with van der Waals surface area (Å²) in [6, 6.07) is 23.8. The molecular weight excluding hydrogens is 571 g/mol. The number of halogens is 2. The molecular formula is C33H28Cl2N4O3. The molecule has 0 atom stereocenters. The van der Waals surface area contributed by atoms with Crippen LogP contribution in [0, 0.1) is 10.1 Å². The quantitative estimate of drug-likeness (QED) is 0.138. The molecule has 0 spiro atoms. The summed E-state index contributed by atoms with van der Waals surface area (Å²) in [4.78, 5) is 28.6. The van der Waals surface area contributed by atoms with E-state index >= 15 is 0 Å². The van der Waals surface area contributed by atoms with Crippen LogP contribution in [-0.4, -0.2) is 19.0 Å². The van der Waals surface area contributed by atoms with Gasteiger partial charge in [0.2, 0.25) is 0 Å². The Morgan fingerprint density at radius 2 is 1.62 bits per heavy atom. The average molecular weight is 600 g/mol. The number of nitrogens with zero attached hydrogens (tertiary/aromatic N) is 4. The Bertz CT molecular complexity index is 1810. The zero-order valence-electron chi connectivity index (χ0n) is 22.7. The van der Waals surface area contributed by atoms with Crippen molar-refractivity contribution in [3.8, 4) is 28.1 Å². The third kappa shape index (κ3) is 5.89. The molecule has 0 amide bonds. The van der Waals surface area contributed by atoms with Crippen molar-refractivity contribution in [1.29, 1.82) is 0 Å². The average Bonchev–Trinajstić information content (AvgIpc) is 3.41. The van der Waals surface area contributed by atoms with Gasteiger partial charge in [0.25, 0.3) is 11.2 Å². The number of non-ortho nitro benzene ring substituents is 1. The standard InChI is InChI=1S/C33H28Cl2N4O3/c34-25-10-15-29(30(35)20-25)31-21-38(27-11-13-28(14-12-27)39(41)42)32(36-31)18-22-6-8-23(9-7-22)24-16-17-37(33(40)19-24)26-4-2-1-3-5-26/h6-17,19-21,26H,1-5,18H2. The van der Waals surface area contributed by atoms with Crippen LogP contribution in [0.25, 0.3) is 28.1 Å². The van der Waals surface area contributed by atoms with Gasteiger partial charge in [-0.25, -0.2) is 4.98 Å². The number of nitro groups is 1. The summed E-state index contributed by atoms with van der Waals surface area (Å²) in [6.45, 7) is 0. The van der Waals surface area contributed by atoms with E-state index in [1.54, 1.807) is 30.3 Å². The van der Waals surface area contributed by atoms with Gasteiger partial charge in [0, 0.05) is 59.3 Å². The van der Waals surface area contributed by atoms with Crippen molar-refractivity contribution in [2.45, 2.75) is 44.6 Å². The highest BCUT2D eigenvalue weighted by Crippen LogP contribution is 2.32. The Morgan fingerprint density at radius 1 is 0.881 bits per heavy atom. The first-order valence-electron chi connectivity index (χ1n) is 14.0. The van der Waals surface area contributed by atoms with Gasteiger partial charge >= 0.3 is 0 Å². The summed E-state index contributed by atoms with van der Waals surface area (Å²) in [5.41, 5.74) is 5.10. The maximum Gasteiger partial charge on any atom is 0.269 e. The van der Waals surface area contributed by atoms with E-state index < -0.39 is 4.92 Å². The number of imidazole rings is 1. The largest absolute Gasteiger partial charge is 0.312 e. The van der Waals surface area contributed by atoms with E-state index in [0.717, 1.165) is 46.6 Å². The number of pyridine rings is 1. The second-order valence-electron chi connectivity index (χ2n) is 10.6. The lowest BCUT2D eigenvalue weighted by molar-refractivity contribution is -0.384. The highest BCUT2D eigenvalue weighted by molar-refractivity contribution is 6.36. The minimum absolute atomic E-state index is 0.0170. The fraction of sp³-hybridized carbons (Fsp3) is 0.212. The first kappa shape index (κ1) is 27.9. The number of hydrogen-bond donors (Lipinski definition) is 0. The van der Waals surface area contributed by atoms with Crippen LogP contribution in [0.3, 0.4) is 0 Å². The zero-order valence-corrected chi connectivity index (χ0v) is 24.3. The predicted molar refractivity (Wildman–Crippen MR) is 167 cm³/mol. The second kappa shape index (κ2) is 12.0. The molecule has 1 saturated carbocycles. The Kier molecular flexibility index (Phi) is 7.96. The van der Waals surface area contributed by atoms with Crippen molar-refractivity contribution in [1.82, 2.24) is 14.1 Å². The molecule has 0 unspecified atom stereocenters. The van der Waals surface area contributed by atoms with E-state index in [2.05, 4.69) is 0 Å². The molecule has 9 heteroatoms. The molecule has 3 aromatic carbocycles. The third-order valence-electron chi connectivity index (χ3n) is 7.89. The lowest BCUT2D eigenvalue weighted by Crippen LogP contribution is -2.25. The summed E-state index contributed by atoms with van der Waals surface area (Å²) in [6.07, 6.45) is 10.1. The molecule has 0 saturated heterocycles. The highest BCUT2D eigenvalue weighted by Gasteiger charge is 2.18. The van der Waals surface area contributed by atoms with Crippen molar-refractivity contribution in [3.05, 3.63) is 133 Å².